The van der Waals surface area contributed by atoms with Gasteiger partial charge in [0, 0.05) is 0 Å². The van der Waals surface area contributed by atoms with Gasteiger partial charge in [0.15, 0.2) is 9.84 Å². The quantitative estimate of drug-likeness (QED) is 0.593. The zero-order valence-corrected chi connectivity index (χ0v) is 7.21. The second kappa shape index (κ2) is 2.48. The van der Waals surface area contributed by atoms with Gasteiger partial charge < -0.3 is 0 Å². The van der Waals surface area contributed by atoms with Crippen molar-refractivity contribution in [3.63, 3.8) is 0 Å². The molecule has 0 aliphatic carbocycles. The average Bonchev–Trinajstić information content (AvgIpc) is 2.04. The molecule has 4 heteroatoms. The van der Waals surface area contributed by atoms with Gasteiger partial charge in [-0.15, -0.1) is 0 Å². The SMILES string of the molecule is O=S1(=O)CC[N]c2ccccc21. The van der Waals surface area contributed by atoms with Gasteiger partial charge in [-0.25, -0.2) is 8.42 Å². The van der Waals surface area contributed by atoms with Gasteiger partial charge in [-0.3, -0.25) is 5.32 Å². The van der Waals surface area contributed by atoms with Crippen molar-refractivity contribution in [1.29, 1.82) is 0 Å². The Labute approximate surface area is 71.3 Å². The Hall–Kier alpha value is -1.03. The van der Waals surface area contributed by atoms with Gasteiger partial charge in [0.05, 0.1) is 22.9 Å². The number of nitrogens with zero attached hydrogens (tertiary/aromatic N) is 1. The molecule has 63 valence electrons. The fraction of sp³-hybridized carbons (Fsp3) is 0.250. The van der Waals surface area contributed by atoms with Crippen molar-refractivity contribution < 1.29 is 8.42 Å². The minimum atomic E-state index is -3.04. The zero-order valence-electron chi connectivity index (χ0n) is 6.40. The number of sulfone groups is 1. The molecule has 0 N–H and O–H groups in total. The molecule has 1 aromatic rings. The Balaban J connectivity index is 2.67. The van der Waals surface area contributed by atoms with Gasteiger partial charge in [-0.05, 0) is 12.1 Å². The zero-order chi connectivity index (χ0) is 8.60. The van der Waals surface area contributed by atoms with Crippen LogP contribution in [0.4, 0.5) is 5.69 Å². The van der Waals surface area contributed by atoms with Crippen LogP contribution in [0.3, 0.4) is 0 Å². The van der Waals surface area contributed by atoms with E-state index in [1.54, 1.807) is 24.3 Å². The van der Waals surface area contributed by atoms with E-state index in [-0.39, 0.29) is 5.75 Å². The molecule has 3 nitrogen and oxygen atoms in total. The van der Waals surface area contributed by atoms with E-state index in [0.717, 1.165) is 0 Å². The number of para-hydroxylation sites is 1. The summed E-state index contributed by atoms with van der Waals surface area (Å²) in [5.41, 5.74) is 0.601. The molecular weight excluding hydrogens is 174 g/mol. The molecule has 0 saturated carbocycles. The average molecular weight is 182 g/mol. The van der Waals surface area contributed by atoms with E-state index in [4.69, 9.17) is 0 Å². The molecule has 0 atom stereocenters. The van der Waals surface area contributed by atoms with Gasteiger partial charge in [0.25, 0.3) is 0 Å². The Morgan fingerprint density at radius 3 is 2.75 bits per heavy atom. The van der Waals surface area contributed by atoms with E-state index in [9.17, 15) is 8.42 Å². The molecular formula is C8H8NO2S. The summed E-state index contributed by atoms with van der Waals surface area (Å²) in [5.74, 6) is 0.143. The van der Waals surface area contributed by atoms with Crippen molar-refractivity contribution in [3.8, 4) is 0 Å². The molecule has 0 bridgehead atoms. The van der Waals surface area contributed by atoms with E-state index in [0.29, 0.717) is 17.1 Å². The van der Waals surface area contributed by atoms with Crippen molar-refractivity contribution in [2.24, 2.45) is 0 Å². The predicted molar refractivity (Wildman–Crippen MR) is 45.2 cm³/mol. The van der Waals surface area contributed by atoms with Crippen LogP contribution in [0.1, 0.15) is 0 Å². The number of benzene rings is 1. The summed E-state index contributed by atoms with van der Waals surface area (Å²) in [6, 6.07) is 6.85. The highest BCUT2D eigenvalue weighted by molar-refractivity contribution is 7.91. The lowest BCUT2D eigenvalue weighted by molar-refractivity contribution is 0.589. The van der Waals surface area contributed by atoms with Crippen molar-refractivity contribution in [2.75, 3.05) is 12.3 Å². The van der Waals surface area contributed by atoms with Crippen molar-refractivity contribution in [2.45, 2.75) is 4.90 Å². The summed E-state index contributed by atoms with van der Waals surface area (Å²) < 4.78 is 22.8. The largest absolute Gasteiger partial charge is 0.283 e. The third-order valence-electron chi connectivity index (χ3n) is 1.84. The van der Waals surface area contributed by atoms with Gasteiger partial charge in [0.2, 0.25) is 0 Å². The van der Waals surface area contributed by atoms with Crippen molar-refractivity contribution in [3.05, 3.63) is 24.3 Å². The molecule has 0 amide bonds. The number of hydrogen-bond donors (Lipinski definition) is 0. The Morgan fingerprint density at radius 1 is 1.25 bits per heavy atom. The summed E-state index contributed by atoms with van der Waals surface area (Å²) >= 11 is 0. The fourth-order valence-corrected chi connectivity index (χ4v) is 2.54. The second-order valence-electron chi connectivity index (χ2n) is 2.67. The summed E-state index contributed by atoms with van der Waals surface area (Å²) in [4.78, 5) is 0.372. The Morgan fingerprint density at radius 2 is 2.00 bits per heavy atom. The highest BCUT2D eigenvalue weighted by Gasteiger charge is 2.22. The fourth-order valence-electron chi connectivity index (χ4n) is 1.25. The van der Waals surface area contributed by atoms with Crippen LogP contribution in [0.15, 0.2) is 29.2 Å². The van der Waals surface area contributed by atoms with Crippen LogP contribution in [0, 0.1) is 0 Å². The molecule has 2 rings (SSSR count). The van der Waals surface area contributed by atoms with E-state index < -0.39 is 9.84 Å². The number of rotatable bonds is 0. The van der Waals surface area contributed by atoms with Gasteiger partial charge in [-0.2, -0.15) is 0 Å². The standard InChI is InChI=1S/C8H8NO2S/c10-12(11)6-5-9-7-3-1-2-4-8(7)12/h1-4H,5-6H2. The maximum Gasteiger partial charge on any atom is 0.182 e. The third-order valence-corrected chi connectivity index (χ3v) is 3.58. The molecule has 0 aromatic heterocycles. The van der Waals surface area contributed by atoms with Gasteiger partial charge >= 0.3 is 0 Å². The molecule has 0 fully saturated rings. The topological polar surface area (TPSA) is 48.2 Å². The smallest absolute Gasteiger partial charge is 0.182 e. The first-order chi connectivity index (χ1) is 5.70. The van der Waals surface area contributed by atoms with Gasteiger partial charge in [-0.1, -0.05) is 12.1 Å². The number of fused-ring (bicyclic) bond motifs is 1. The lowest BCUT2D eigenvalue weighted by Crippen LogP contribution is -2.22. The van der Waals surface area contributed by atoms with Crippen molar-refractivity contribution >= 4 is 15.5 Å². The minimum Gasteiger partial charge on any atom is -0.283 e. The lowest BCUT2D eigenvalue weighted by atomic mass is 10.3. The van der Waals surface area contributed by atoms with E-state index in [1.165, 1.54) is 0 Å². The van der Waals surface area contributed by atoms with Crippen LogP contribution in [-0.2, 0) is 9.84 Å². The molecule has 1 radical (unpaired) electrons. The summed E-state index contributed by atoms with van der Waals surface area (Å²) in [5, 5.41) is 4.11. The molecule has 1 aromatic carbocycles. The Bertz CT molecular complexity index is 397. The molecule has 12 heavy (non-hydrogen) atoms. The second-order valence-corrected chi connectivity index (χ2v) is 4.75. The summed E-state index contributed by atoms with van der Waals surface area (Å²) in [6.45, 7) is 0.388. The molecule has 1 aliphatic rings. The first-order valence-electron chi connectivity index (χ1n) is 3.69. The normalized spacial score (nSPS) is 19.3. The highest BCUT2D eigenvalue weighted by Crippen LogP contribution is 2.25. The molecule has 0 saturated heterocycles. The van der Waals surface area contributed by atoms with E-state index >= 15 is 0 Å². The van der Waals surface area contributed by atoms with Crippen LogP contribution < -0.4 is 5.32 Å². The van der Waals surface area contributed by atoms with Crippen LogP contribution in [-0.4, -0.2) is 20.7 Å². The van der Waals surface area contributed by atoms with E-state index in [1.807, 2.05) is 0 Å². The summed E-state index contributed by atoms with van der Waals surface area (Å²) in [6.07, 6.45) is 0. The first kappa shape index (κ1) is 7.61. The summed E-state index contributed by atoms with van der Waals surface area (Å²) in [7, 11) is -3.04. The molecule has 1 heterocycles. The van der Waals surface area contributed by atoms with E-state index in [2.05, 4.69) is 5.32 Å². The Kier molecular flexibility index (Phi) is 1.58. The third kappa shape index (κ3) is 1.08. The molecule has 0 spiro atoms. The highest BCUT2D eigenvalue weighted by atomic mass is 32.2. The minimum absolute atomic E-state index is 0.143. The van der Waals surface area contributed by atoms with Crippen LogP contribution in [0.25, 0.3) is 0 Å². The first-order valence-corrected chi connectivity index (χ1v) is 5.35. The molecule has 0 unspecified atom stereocenters. The lowest BCUT2D eigenvalue weighted by Gasteiger charge is -2.14. The monoisotopic (exact) mass is 182 g/mol. The maximum atomic E-state index is 11.4. The predicted octanol–water partition coefficient (Wildman–Crippen LogP) is 0.710. The van der Waals surface area contributed by atoms with Crippen LogP contribution >= 0.6 is 0 Å². The van der Waals surface area contributed by atoms with Crippen molar-refractivity contribution in [1.82, 2.24) is 5.32 Å². The number of hydrogen-bond acceptors (Lipinski definition) is 2. The van der Waals surface area contributed by atoms with Crippen LogP contribution in [0.2, 0.25) is 0 Å². The maximum absolute atomic E-state index is 11.4. The van der Waals surface area contributed by atoms with Crippen LogP contribution in [0.5, 0.6) is 0 Å². The molecule has 1 aliphatic heterocycles. The van der Waals surface area contributed by atoms with Gasteiger partial charge in [0.1, 0.15) is 0 Å².